The van der Waals surface area contributed by atoms with E-state index in [1.807, 2.05) is 18.2 Å². The molecule has 0 aliphatic carbocycles. The minimum atomic E-state index is -0.822. The molecule has 2 N–H and O–H groups in total. The van der Waals surface area contributed by atoms with E-state index in [1.165, 1.54) is 5.56 Å². The molecule has 0 radical (unpaired) electrons. The van der Waals surface area contributed by atoms with Crippen molar-refractivity contribution in [1.29, 1.82) is 0 Å². The lowest BCUT2D eigenvalue weighted by Crippen LogP contribution is -2.19. The SMILES string of the molecule is O=C(O)CCOCCNCc1ccccc1. The number of nitrogens with one attached hydrogen (secondary N) is 1. The standard InChI is InChI=1S/C12H17NO3/c14-12(15)6-8-16-9-7-13-10-11-4-2-1-3-5-11/h1-5,13H,6-10H2,(H,14,15). The zero-order valence-electron chi connectivity index (χ0n) is 9.19. The van der Waals surface area contributed by atoms with E-state index in [0.29, 0.717) is 6.61 Å². The second-order valence-electron chi connectivity index (χ2n) is 3.42. The number of hydrogen-bond donors (Lipinski definition) is 2. The van der Waals surface area contributed by atoms with Crippen LogP contribution in [0, 0.1) is 0 Å². The van der Waals surface area contributed by atoms with E-state index in [4.69, 9.17) is 9.84 Å². The highest BCUT2D eigenvalue weighted by Gasteiger charge is 1.95. The maximum Gasteiger partial charge on any atom is 0.305 e. The summed E-state index contributed by atoms with van der Waals surface area (Å²) in [5.41, 5.74) is 1.23. The van der Waals surface area contributed by atoms with Crippen molar-refractivity contribution >= 4 is 5.97 Å². The van der Waals surface area contributed by atoms with E-state index in [-0.39, 0.29) is 13.0 Å². The van der Waals surface area contributed by atoms with Crippen LogP contribution in [0.4, 0.5) is 0 Å². The number of aliphatic carboxylic acids is 1. The second kappa shape index (κ2) is 7.84. The van der Waals surface area contributed by atoms with Gasteiger partial charge >= 0.3 is 5.97 Å². The molecule has 0 unspecified atom stereocenters. The van der Waals surface area contributed by atoms with Gasteiger partial charge in [-0.15, -0.1) is 0 Å². The molecule has 0 aromatic heterocycles. The van der Waals surface area contributed by atoms with Gasteiger partial charge in [0.2, 0.25) is 0 Å². The maximum absolute atomic E-state index is 10.2. The van der Waals surface area contributed by atoms with Gasteiger partial charge in [0.25, 0.3) is 0 Å². The van der Waals surface area contributed by atoms with Gasteiger partial charge in [0.15, 0.2) is 0 Å². The highest BCUT2D eigenvalue weighted by atomic mass is 16.5. The Morgan fingerprint density at radius 2 is 2.00 bits per heavy atom. The van der Waals surface area contributed by atoms with Gasteiger partial charge in [-0.05, 0) is 5.56 Å². The Bertz CT molecular complexity index is 300. The third kappa shape index (κ3) is 6.16. The van der Waals surface area contributed by atoms with Crippen LogP contribution in [0.5, 0.6) is 0 Å². The summed E-state index contributed by atoms with van der Waals surface area (Å²) in [6.07, 6.45) is 0.0681. The van der Waals surface area contributed by atoms with E-state index in [0.717, 1.165) is 13.1 Å². The average Bonchev–Trinajstić information content (AvgIpc) is 2.29. The van der Waals surface area contributed by atoms with Gasteiger partial charge in [-0.3, -0.25) is 4.79 Å². The first-order chi connectivity index (χ1) is 7.79. The molecule has 16 heavy (non-hydrogen) atoms. The molecule has 4 nitrogen and oxygen atoms in total. The smallest absolute Gasteiger partial charge is 0.305 e. The van der Waals surface area contributed by atoms with E-state index in [1.54, 1.807) is 0 Å². The summed E-state index contributed by atoms with van der Waals surface area (Å²) in [5.74, 6) is -0.822. The van der Waals surface area contributed by atoms with Crippen molar-refractivity contribution in [2.24, 2.45) is 0 Å². The lowest BCUT2D eigenvalue weighted by atomic mass is 10.2. The van der Waals surface area contributed by atoms with Gasteiger partial charge in [0, 0.05) is 13.1 Å². The van der Waals surface area contributed by atoms with Crippen LogP contribution in [0.1, 0.15) is 12.0 Å². The highest BCUT2D eigenvalue weighted by Crippen LogP contribution is 1.96. The Morgan fingerprint density at radius 3 is 2.69 bits per heavy atom. The summed E-state index contributed by atoms with van der Waals surface area (Å²) in [7, 11) is 0. The van der Waals surface area contributed by atoms with E-state index < -0.39 is 5.97 Å². The summed E-state index contributed by atoms with van der Waals surface area (Å²) in [5, 5.41) is 11.6. The van der Waals surface area contributed by atoms with Crippen LogP contribution in [0.3, 0.4) is 0 Å². The normalized spacial score (nSPS) is 10.2. The van der Waals surface area contributed by atoms with E-state index in [2.05, 4.69) is 17.4 Å². The molecule has 0 heterocycles. The van der Waals surface area contributed by atoms with Crippen LogP contribution in [0.25, 0.3) is 0 Å². The van der Waals surface area contributed by atoms with Crippen molar-refractivity contribution in [1.82, 2.24) is 5.32 Å². The minimum Gasteiger partial charge on any atom is -0.481 e. The monoisotopic (exact) mass is 223 g/mol. The molecular formula is C12H17NO3. The first-order valence-corrected chi connectivity index (χ1v) is 5.33. The molecule has 0 saturated carbocycles. The molecule has 1 aromatic rings. The molecule has 0 bridgehead atoms. The Kier molecular flexibility index (Phi) is 6.22. The Balaban J connectivity index is 1.94. The predicted octanol–water partition coefficient (Wildman–Crippen LogP) is 1.27. The number of rotatable bonds is 8. The number of carboxylic acid groups (broad SMARTS) is 1. The summed E-state index contributed by atoms with van der Waals surface area (Å²) < 4.78 is 5.14. The van der Waals surface area contributed by atoms with E-state index in [9.17, 15) is 4.79 Å². The third-order valence-corrected chi connectivity index (χ3v) is 2.06. The van der Waals surface area contributed by atoms with Crippen molar-refractivity contribution in [3.8, 4) is 0 Å². The Morgan fingerprint density at radius 1 is 1.25 bits per heavy atom. The van der Waals surface area contributed by atoms with Gasteiger partial charge in [-0.1, -0.05) is 30.3 Å². The van der Waals surface area contributed by atoms with Gasteiger partial charge < -0.3 is 15.2 Å². The minimum absolute atomic E-state index is 0.0681. The molecule has 4 heteroatoms. The summed E-state index contributed by atoms with van der Waals surface area (Å²) in [4.78, 5) is 10.2. The lowest BCUT2D eigenvalue weighted by molar-refractivity contribution is -0.138. The molecular weight excluding hydrogens is 206 g/mol. The number of ether oxygens (including phenoxy) is 1. The molecule has 88 valence electrons. The molecule has 1 rings (SSSR count). The first-order valence-electron chi connectivity index (χ1n) is 5.33. The molecule has 0 aliphatic heterocycles. The quantitative estimate of drug-likeness (QED) is 0.651. The lowest BCUT2D eigenvalue weighted by Gasteiger charge is -2.05. The van der Waals surface area contributed by atoms with Crippen LogP contribution in [-0.4, -0.2) is 30.8 Å². The van der Waals surface area contributed by atoms with Gasteiger partial charge in [0.1, 0.15) is 0 Å². The summed E-state index contributed by atoms with van der Waals surface area (Å²) in [6, 6.07) is 10.1. The van der Waals surface area contributed by atoms with Crippen molar-refractivity contribution in [3.63, 3.8) is 0 Å². The van der Waals surface area contributed by atoms with Crippen LogP contribution in [-0.2, 0) is 16.1 Å². The predicted molar refractivity (Wildman–Crippen MR) is 61.2 cm³/mol. The van der Waals surface area contributed by atoms with Crippen LogP contribution in [0.2, 0.25) is 0 Å². The number of carbonyl (C=O) groups is 1. The molecule has 0 atom stereocenters. The van der Waals surface area contributed by atoms with E-state index >= 15 is 0 Å². The highest BCUT2D eigenvalue weighted by molar-refractivity contribution is 5.66. The fourth-order valence-electron chi connectivity index (χ4n) is 1.23. The van der Waals surface area contributed by atoms with Crippen molar-refractivity contribution in [2.45, 2.75) is 13.0 Å². The van der Waals surface area contributed by atoms with Gasteiger partial charge in [0.05, 0.1) is 19.6 Å². The summed E-state index contributed by atoms with van der Waals surface area (Å²) in [6.45, 7) is 2.36. The maximum atomic E-state index is 10.2. The molecule has 0 spiro atoms. The zero-order valence-corrected chi connectivity index (χ0v) is 9.19. The number of hydrogen-bond acceptors (Lipinski definition) is 3. The second-order valence-corrected chi connectivity index (χ2v) is 3.42. The fraction of sp³-hybridized carbons (Fsp3) is 0.417. The first kappa shape index (κ1) is 12.7. The van der Waals surface area contributed by atoms with Crippen molar-refractivity contribution < 1.29 is 14.6 Å². The number of carboxylic acids is 1. The van der Waals surface area contributed by atoms with Crippen LogP contribution < -0.4 is 5.32 Å². The fourth-order valence-corrected chi connectivity index (χ4v) is 1.23. The summed E-state index contributed by atoms with van der Waals surface area (Å²) >= 11 is 0. The molecule has 0 amide bonds. The van der Waals surface area contributed by atoms with Gasteiger partial charge in [-0.25, -0.2) is 0 Å². The Hall–Kier alpha value is -1.39. The largest absolute Gasteiger partial charge is 0.481 e. The topological polar surface area (TPSA) is 58.6 Å². The third-order valence-electron chi connectivity index (χ3n) is 2.06. The van der Waals surface area contributed by atoms with Crippen molar-refractivity contribution in [3.05, 3.63) is 35.9 Å². The molecule has 0 saturated heterocycles. The van der Waals surface area contributed by atoms with Crippen LogP contribution >= 0.6 is 0 Å². The molecule has 1 aromatic carbocycles. The van der Waals surface area contributed by atoms with Crippen molar-refractivity contribution in [2.75, 3.05) is 19.8 Å². The molecule has 0 aliphatic rings. The average molecular weight is 223 g/mol. The molecule has 0 fully saturated rings. The Labute approximate surface area is 95.2 Å². The number of benzene rings is 1. The van der Waals surface area contributed by atoms with Gasteiger partial charge in [-0.2, -0.15) is 0 Å². The van der Waals surface area contributed by atoms with Crippen LogP contribution in [0.15, 0.2) is 30.3 Å². The zero-order chi connectivity index (χ0) is 11.6.